The van der Waals surface area contributed by atoms with Crippen LogP contribution in [0, 0.1) is 0 Å². The van der Waals surface area contributed by atoms with Gasteiger partial charge in [0, 0.05) is 58.2 Å². The van der Waals surface area contributed by atoms with E-state index in [1.165, 1.54) is 16.7 Å². The van der Waals surface area contributed by atoms with Crippen LogP contribution in [0.25, 0.3) is 0 Å². The molecule has 2 saturated heterocycles. The van der Waals surface area contributed by atoms with E-state index in [1.54, 1.807) is 0 Å². The molecule has 29 heavy (non-hydrogen) atoms. The highest BCUT2D eigenvalue weighted by Crippen LogP contribution is 2.44. The molecule has 2 aromatic rings. The fraction of sp³-hybridized carbons (Fsp3) is 0.591. The number of likely N-dealkylation sites (tertiary alicyclic amines) is 1. The Morgan fingerprint density at radius 2 is 2.31 bits per heavy atom. The van der Waals surface area contributed by atoms with E-state index in [2.05, 4.69) is 35.3 Å². The van der Waals surface area contributed by atoms with Gasteiger partial charge in [-0.05, 0) is 55.9 Å². The number of benzene rings is 1. The predicted molar refractivity (Wildman–Crippen MR) is 116 cm³/mol. The highest BCUT2D eigenvalue weighted by atomic mass is 35.5. The van der Waals surface area contributed by atoms with E-state index in [1.807, 2.05) is 16.9 Å². The van der Waals surface area contributed by atoms with Crippen LogP contribution in [0.4, 0.5) is 0 Å². The van der Waals surface area contributed by atoms with E-state index in [9.17, 15) is 4.21 Å². The zero-order chi connectivity index (χ0) is 20.0. The number of halogens is 1. The summed E-state index contributed by atoms with van der Waals surface area (Å²) in [5, 5.41) is 5.36. The molecule has 0 saturated carbocycles. The van der Waals surface area contributed by atoms with Gasteiger partial charge in [0.1, 0.15) is 0 Å². The highest BCUT2D eigenvalue weighted by Gasteiger charge is 2.43. The van der Waals surface area contributed by atoms with Gasteiger partial charge in [0.05, 0.1) is 24.4 Å². The molecule has 0 aliphatic carbocycles. The Morgan fingerprint density at radius 1 is 1.41 bits per heavy atom. The van der Waals surface area contributed by atoms with Gasteiger partial charge in [0.25, 0.3) is 0 Å². The molecule has 4 heterocycles. The van der Waals surface area contributed by atoms with Gasteiger partial charge in [-0.1, -0.05) is 17.7 Å². The fourth-order valence-corrected chi connectivity index (χ4v) is 6.86. The molecule has 4 atom stereocenters. The van der Waals surface area contributed by atoms with Crippen molar-refractivity contribution in [2.24, 2.45) is 0 Å². The van der Waals surface area contributed by atoms with Crippen molar-refractivity contribution in [2.45, 2.75) is 56.8 Å². The predicted octanol–water partition coefficient (Wildman–Crippen LogP) is 3.68. The molecule has 1 spiro atoms. The molecule has 3 aliphatic heterocycles. The third-order valence-corrected chi connectivity index (χ3v) is 8.52. The normalized spacial score (nSPS) is 32.6. The molecule has 0 bridgehead atoms. The second kappa shape index (κ2) is 7.80. The molecule has 7 heteroatoms. The van der Waals surface area contributed by atoms with Crippen LogP contribution in [0.3, 0.4) is 0 Å². The van der Waals surface area contributed by atoms with Gasteiger partial charge < -0.3 is 4.74 Å². The maximum absolute atomic E-state index is 11.7. The van der Waals surface area contributed by atoms with Crippen LogP contribution in [0.2, 0.25) is 5.02 Å². The molecule has 3 aliphatic rings. The third kappa shape index (κ3) is 3.80. The first-order valence-corrected chi connectivity index (χ1v) is 12.4. The molecule has 1 aromatic carbocycles. The monoisotopic (exact) mass is 433 g/mol. The van der Waals surface area contributed by atoms with E-state index in [4.69, 9.17) is 16.3 Å². The molecule has 0 radical (unpaired) electrons. The van der Waals surface area contributed by atoms with Crippen LogP contribution < -0.4 is 0 Å². The minimum atomic E-state index is -0.677. The average molecular weight is 434 g/mol. The molecule has 0 amide bonds. The summed E-state index contributed by atoms with van der Waals surface area (Å²) in [5.41, 5.74) is 3.71. The minimum absolute atomic E-state index is 0.202. The first-order valence-electron chi connectivity index (χ1n) is 10.6. The van der Waals surface area contributed by atoms with Gasteiger partial charge in [-0.3, -0.25) is 13.8 Å². The van der Waals surface area contributed by atoms with Gasteiger partial charge in [-0.15, -0.1) is 0 Å². The van der Waals surface area contributed by atoms with E-state index in [0.29, 0.717) is 12.1 Å². The Balaban J connectivity index is 1.29. The van der Waals surface area contributed by atoms with Gasteiger partial charge in [0.15, 0.2) is 0 Å². The molecule has 3 unspecified atom stereocenters. The second-order valence-electron chi connectivity index (χ2n) is 8.75. The van der Waals surface area contributed by atoms with E-state index < -0.39 is 10.8 Å². The van der Waals surface area contributed by atoms with Crippen molar-refractivity contribution in [3.8, 4) is 0 Å². The number of hydrogen-bond donors (Lipinski definition) is 0. The van der Waals surface area contributed by atoms with Crippen molar-refractivity contribution in [3.05, 3.63) is 52.3 Å². The summed E-state index contributed by atoms with van der Waals surface area (Å²) in [7, 11) is -0.677. The van der Waals surface area contributed by atoms with E-state index in [-0.39, 0.29) is 5.60 Å². The quantitative estimate of drug-likeness (QED) is 0.740. The minimum Gasteiger partial charge on any atom is -0.370 e. The number of piperidine rings is 1. The van der Waals surface area contributed by atoms with E-state index >= 15 is 0 Å². The van der Waals surface area contributed by atoms with Crippen LogP contribution in [0.15, 0.2) is 30.6 Å². The molecular weight excluding hydrogens is 406 g/mol. The summed E-state index contributed by atoms with van der Waals surface area (Å²) in [4.78, 5) is 2.53. The first-order chi connectivity index (χ1) is 14.0. The largest absolute Gasteiger partial charge is 0.370 e. The molecule has 5 rings (SSSR count). The lowest BCUT2D eigenvalue weighted by atomic mass is 9.77. The van der Waals surface area contributed by atoms with Gasteiger partial charge in [-0.25, -0.2) is 0 Å². The maximum Gasteiger partial charge on any atom is 0.0961 e. The first kappa shape index (κ1) is 19.7. The van der Waals surface area contributed by atoms with Gasteiger partial charge in [0.2, 0.25) is 0 Å². The van der Waals surface area contributed by atoms with Crippen molar-refractivity contribution >= 4 is 22.4 Å². The molecule has 0 N–H and O–H groups in total. The van der Waals surface area contributed by atoms with Crippen molar-refractivity contribution in [1.29, 1.82) is 0 Å². The van der Waals surface area contributed by atoms with E-state index in [0.717, 1.165) is 61.9 Å². The topological polar surface area (TPSA) is 47.4 Å². The maximum atomic E-state index is 11.7. The Hall–Kier alpha value is -1.21. The van der Waals surface area contributed by atoms with Gasteiger partial charge in [-0.2, -0.15) is 5.10 Å². The zero-order valence-corrected chi connectivity index (χ0v) is 18.4. The van der Waals surface area contributed by atoms with Crippen molar-refractivity contribution in [2.75, 3.05) is 24.7 Å². The van der Waals surface area contributed by atoms with Crippen LogP contribution in [0.5, 0.6) is 0 Å². The van der Waals surface area contributed by atoms with Crippen molar-refractivity contribution in [1.82, 2.24) is 14.7 Å². The number of rotatable bonds is 3. The molecule has 2 fully saturated rings. The smallest absolute Gasteiger partial charge is 0.0961 e. The van der Waals surface area contributed by atoms with Crippen molar-refractivity contribution in [3.63, 3.8) is 0 Å². The fourth-order valence-electron chi connectivity index (χ4n) is 5.24. The lowest BCUT2D eigenvalue weighted by Crippen LogP contribution is -2.50. The SMILES string of the molecule is C[C@H]1CC2(CCN1Cc1cnn(C3CCS(=O)C3)c1)OCCc1ccc(Cl)cc12. The molecule has 156 valence electrons. The number of hydrogen-bond acceptors (Lipinski definition) is 4. The highest BCUT2D eigenvalue weighted by molar-refractivity contribution is 7.85. The molecule has 5 nitrogen and oxygen atoms in total. The summed E-state index contributed by atoms with van der Waals surface area (Å²) in [5.74, 6) is 1.54. The molecular formula is C22H28ClN3O2S. The Labute approximate surface area is 179 Å². The van der Waals surface area contributed by atoms with Crippen LogP contribution in [0.1, 0.15) is 48.9 Å². The molecule has 1 aromatic heterocycles. The number of fused-ring (bicyclic) bond motifs is 2. The summed E-state index contributed by atoms with van der Waals surface area (Å²) in [6, 6.07) is 6.99. The summed E-state index contributed by atoms with van der Waals surface area (Å²) < 4.78 is 20.1. The zero-order valence-electron chi connectivity index (χ0n) is 16.8. The average Bonchev–Trinajstić information content (AvgIpc) is 3.34. The standard InChI is InChI=1S/C22H28ClN3O2S/c1-16-11-22(21-10-19(23)3-2-18(21)4-8-28-22)6-7-25(16)13-17-12-24-26(14-17)20-5-9-29(27)15-20/h2-3,10,12,14,16,20H,4-9,11,13,15H2,1H3/t16-,20?,22?,29?/m0/s1. The Kier molecular flexibility index (Phi) is 5.31. The van der Waals surface area contributed by atoms with Crippen LogP contribution >= 0.6 is 11.6 Å². The second-order valence-corrected chi connectivity index (χ2v) is 10.8. The summed E-state index contributed by atoms with van der Waals surface area (Å²) in [6.07, 6.45) is 8.03. The van der Waals surface area contributed by atoms with Gasteiger partial charge >= 0.3 is 0 Å². The number of aromatic nitrogens is 2. The third-order valence-electron chi connectivity index (χ3n) is 6.84. The lowest BCUT2D eigenvalue weighted by Gasteiger charge is -2.48. The summed E-state index contributed by atoms with van der Waals surface area (Å²) in [6.45, 7) is 4.98. The lowest BCUT2D eigenvalue weighted by molar-refractivity contribution is -0.113. The summed E-state index contributed by atoms with van der Waals surface area (Å²) >= 11 is 6.32. The van der Waals surface area contributed by atoms with Crippen LogP contribution in [-0.4, -0.2) is 49.6 Å². The van der Waals surface area contributed by atoms with Crippen LogP contribution in [-0.2, 0) is 34.1 Å². The number of ether oxygens (including phenoxy) is 1. The van der Waals surface area contributed by atoms with Crippen molar-refractivity contribution < 1.29 is 8.95 Å². The Morgan fingerprint density at radius 3 is 3.10 bits per heavy atom. The number of nitrogens with zero attached hydrogens (tertiary/aromatic N) is 3. The Bertz CT molecular complexity index is 933.